The molecule has 2 aromatic carbocycles. The Hall–Kier alpha value is -3.34. The molecule has 12 heteroatoms. The molecule has 9 nitrogen and oxygen atoms in total. The zero-order valence-electron chi connectivity index (χ0n) is 15.3. The Balaban J connectivity index is 1.70. The molecule has 0 spiro atoms. The average molecular weight is 479 g/mol. The normalized spacial score (nSPS) is 13.1. The zero-order chi connectivity index (χ0) is 22.5. The van der Waals surface area contributed by atoms with Crippen molar-refractivity contribution in [3.05, 3.63) is 80.1 Å². The number of hydrogen-bond acceptors (Lipinski definition) is 6. The quantitative estimate of drug-likeness (QED) is 0.491. The highest BCUT2D eigenvalue weighted by atomic mass is 35.5. The number of carbonyl (C=O) groups excluding carboxylic acids is 2. The van der Waals surface area contributed by atoms with E-state index < -0.39 is 27.4 Å². The Kier molecular flexibility index (Phi) is 5.00. The van der Waals surface area contributed by atoms with E-state index >= 15 is 0 Å². The van der Waals surface area contributed by atoms with E-state index in [1.807, 2.05) is 0 Å². The van der Waals surface area contributed by atoms with E-state index in [0.717, 1.165) is 10.6 Å². The zero-order valence-corrected chi connectivity index (χ0v) is 17.7. The van der Waals surface area contributed by atoms with E-state index in [0.29, 0.717) is 0 Å². The number of carbonyl (C=O) groups is 2. The van der Waals surface area contributed by atoms with Crippen molar-refractivity contribution < 1.29 is 18.0 Å². The van der Waals surface area contributed by atoms with E-state index in [-0.39, 0.29) is 43.3 Å². The number of fused-ring (bicyclic) bond motifs is 1. The van der Waals surface area contributed by atoms with Crippen molar-refractivity contribution in [1.29, 1.82) is 0 Å². The van der Waals surface area contributed by atoms with Crippen molar-refractivity contribution in [2.75, 3.05) is 10.5 Å². The summed E-state index contributed by atoms with van der Waals surface area (Å²) in [5.74, 6) is -1.64. The smallest absolute Gasteiger partial charge is 0.262 e. The molecule has 2 heterocycles. The minimum Gasteiger partial charge on any atom is -0.384 e. The number of rotatable bonds is 4. The van der Waals surface area contributed by atoms with Crippen LogP contribution in [0.1, 0.15) is 20.7 Å². The van der Waals surface area contributed by atoms with Gasteiger partial charge in [0.05, 0.1) is 37.4 Å². The van der Waals surface area contributed by atoms with Gasteiger partial charge in [0.25, 0.3) is 27.4 Å². The number of benzene rings is 2. The van der Waals surface area contributed by atoms with Gasteiger partial charge >= 0.3 is 0 Å². The summed E-state index contributed by atoms with van der Waals surface area (Å²) in [7, 11) is -3.97. The Morgan fingerprint density at radius 2 is 1.58 bits per heavy atom. The number of pyridine rings is 1. The first-order valence-corrected chi connectivity index (χ1v) is 10.8. The number of nitrogens with two attached hydrogens (primary N) is 1. The Labute approximate surface area is 185 Å². The monoisotopic (exact) mass is 478 g/mol. The van der Waals surface area contributed by atoms with Crippen LogP contribution in [0.25, 0.3) is 5.69 Å². The van der Waals surface area contributed by atoms with E-state index in [1.54, 1.807) is 0 Å². The molecule has 1 aliphatic heterocycles. The second kappa shape index (κ2) is 7.41. The molecule has 0 atom stereocenters. The number of amides is 2. The van der Waals surface area contributed by atoms with Crippen molar-refractivity contribution in [1.82, 2.24) is 9.88 Å². The highest BCUT2D eigenvalue weighted by Crippen LogP contribution is 2.27. The van der Waals surface area contributed by atoms with E-state index in [2.05, 4.69) is 10.0 Å². The summed E-state index contributed by atoms with van der Waals surface area (Å²) >= 11 is 11.7. The van der Waals surface area contributed by atoms with Crippen LogP contribution in [0.3, 0.4) is 0 Å². The molecule has 0 bridgehead atoms. The van der Waals surface area contributed by atoms with Gasteiger partial charge in [0.2, 0.25) is 0 Å². The molecule has 0 saturated carbocycles. The molecular formula is C19H12Cl2N4O5S. The fourth-order valence-electron chi connectivity index (χ4n) is 3.09. The second-order valence-corrected chi connectivity index (χ2v) is 9.00. The lowest BCUT2D eigenvalue weighted by atomic mass is 10.1. The number of nitrogens with one attached hydrogen (secondary N) is 2. The fraction of sp³-hybridized carbons (Fsp3) is 0. The lowest BCUT2D eigenvalue weighted by Gasteiger charge is -2.13. The van der Waals surface area contributed by atoms with Gasteiger partial charge in [-0.3, -0.25) is 29.0 Å². The van der Waals surface area contributed by atoms with Gasteiger partial charge in [0.1, 0.15) is 5.82 Å². The minimum absolute atomic E-state index is 0.0944. The van der Waals surface area contributed by atoms with E-state index in [4.69, 9.17) is 28.9 Å². The molecule has 0 unspecified atom stereocenters. The number of aromatic nitrogens is 1. The first-order valence-electron chi connectivity index (χ1n) is 8.58. The van der Waals surface area contributed by atoms with Crippen LogP contribution in [-0.2, 0) is 10.0 Å². The summed E-state index contributed by atoms with van der Waals surface area (Å²) < 4.78 is 28.7. The van der Waals surface area contributed by atoms with Crippen LogP contribution >= 0.6 is 23.2 Å². The summed E-state index contributed by atoms with van der Waals surface area (Å²) in [4.78, 5) is 36.1. The molecule has 4 N–H and O–H groups in total. The summed E-state index contributed by atoms with van der Waals surface area (Å²) in [6.07, 6.45) is 0. The number of nitrogens with zero attached hydrogens (tertiary/aromatic N) is 1. The number of nitrogen functional groups attached to an aromatic ring is 1. The molecule has 0 radical (unpaired) electrons. The van der Waals surface area contributed by atoms with Gasteiger partial charge in [-0.1, -0.05) is 23.2 Å². The fourth-order valence-corrected chi connectivity index (χ4v) is 4.44. The first kappa shape index (κ1) is 20.9. The van der Waals surface area contributed by atoms with Crippen molar-refractivity contribution in [2.45, 2.75) is 4.90 Å². The molecule has 4 rings (SSSR count). The van der Waals surface area contributed by atoms with Gasteiger partial charge in [-0.2, -0.15) is 0 Å². The molecule has 1 aliphatic rings. The maximum atomic E-state index is 12.6. The van der Waals surface area contributed by atoms with Crippen LogP contribution in [0.2, 0.25) is 10.0 Å². The van der Waals surface area contributed by atoms with E-state index in [9.17, 15) is 22.8 Å². The van der Waals surface area contributed by atoms with Crippen LogP contribution < -0.4 is 21.3 Å². The van der Waals surface area contributed by atoms with E-state index in [1.165, 1.54) is 42.5 Å². The number of hydrogen-bond donors (Lipinski definition) is 3. The Bertz CT molecular complexity index is 1430. The number of halogens is 2. The predicted octanol–water partition coefficient (Wildman–Crippen LogP) is 2.41. The van der Waals surface area contributed by atoms with Gasteiger partial charge < -0.3 is 5.73 Å². The highest BCUT2D eigenvalue weighted by molar-refractivity contribution is 7.92. The van der Waals surface area contributed by atoms with Gasteiger partial charge in [-0.05, 0) is 42.5 Å². The molecule has 0 fully saturated rings. The summed E-state index contributed by atoms with van der Waals surface area (Å²) in [5, 5.41) is 2.54. The minimum atomic E-state index is -3.97. The third-order valence-corrected chi connectivity index (χ3v) is 6.67. The standard InChI is InChI=1S/C19H12Cl2N4O5S/c20-13-6-1-9(7-14(13)21)24-31(29,30)11-4-2-10(3-5-11)25-15(26)8-12-16(17(25)22)19(28)23-18(12)27/h1-8,24H,22H2,(H,23,27,28). The molecule has 31 heavy (non-hydrogen) atoms. The molecule has 3 aromatic rings. The second-order valence-electron chi connectivity index (χ2n) is 6.50. The molecule has 0 saturated heterocycles. The maximum Gasteiger partial charge on any atom is 0.262 e. The lowest BCUT2D eigenvalue weighted by Crippen LogP contribution is -2.24. The van der Waals surface area contributed by atoms with Crippen LogP contribution in [0.15, 0.2) is 58.2 Å². The SMILES string of the molecule is Nc1c2c(cc(=O)n1-c1ccc(S(=O)(=O)Nc3ccc(Cl)c(Cl)c3)cc1)C(=O)NC2=O. The summed E-state index contributed by atoms with van der Waals surface area (Å²) in [5.41, 5.74) is 5.54. The third-order valence-electron chi connectivity index (χ3n) is 4.53. The van der Waals surface area contributed by atoms with Crippen molar-refractivity contribution in [2.24, 2.45) is 0 Å². The third kappa shape index (κ3) is 3.65. The largest absolute Gasteiger partial charge is 0.384 e. The maximum absolute atomic E-state index is 12.6. The van der Waals surface area contributed by atoms with Crippen LogP contribution in [0.5, 0.6) is 0 Å². The Morgan fingerprint density at radius 3 is 2.23 bits per heavy atom. The van der Waals surface area contributed by atoms with Crippen molar-refractivity contribution in [3.8, 4) is 5.69 Å². The van der Waals surface area contributed by atoms with Crippen molar-refractivity contribution >= 4 is 56.5 Å². The topological polar surface area (TPSA) is 140 Å². The first-order chi connectivity index (χ1) is 14.6. The molecule has 158 valence electrons. The van der Waals surface area contributed by atoms with Gasteiger partial charge in [-0.15, -0.1) is 0 Å². The van der Waals surface area contributed by atoms with Crippen LogP contribution in [0, 0.1) is 0 Å². The van der Waals surface area contributed by atoms with Gasteiger partial charge in [0, 0.05) is 6.07 Å². The van der Waals surface area contributed by atoms with Crippen molar-refractivity contribution in [3.63, 3.8) is 0 Å². The highest BCUT2D eigenvalue weighted by Gasteiger charge is 2.31. The predicted molar refractivity (Wildman–Crippen MR) is 116 cm³/mol. The van der Waals surface area contributed by atoms with Crippen LogP contribution in [0.4, 0.5) is 11.5 Å². The summed E-state index contributed by atoms with van der Waals surface area (Å²) in [6.45, 7) is 0. The number of imide groups is 1. The Morgan fingerprint density at radius 1 is 0.903 bits per heavy atom. The molecule has 2 amide bonds. The lowest BCUT2D eigenvalue weighted by molar-refractivity contribution is 0.0880. The average Bonchev–Trinajstić information content (AvgIpc) is 2.98. The van der Waals surface area contributed by atoms with Gasteiger partial charge in [0.15, 0.2) is 0 Å². The molecule has 0 aliphatic carbocycles. The number of sulfonamides is 1. The van der Waals surface area contributed by atoms with Gasteiger partial charge in [-0.25, -0.2) is 8.42 Å². The summed E-state index contributed by atoms with van der Waals surface area (Å²) in [6, 6.07) is 10.5. The molecular weight excluding hydrogens is 467 g/mol. The molecule has 1 aromatic heterocycles. The van der Waals surface area contributed by atoms with Crippen LogP contribution in [-0.4, -0.2) is 24.8 Å². The number of anilines is 2.